The third-order valence-corrected chi connectivity index (χ3v) is 4.74. The van der Waals surface area contributed by atoms with Gasteiger partial charge >= 0.3 is 0 Å². The average molecular weight is 324 g/mol. The van der Waals surface area contributed by atoms with Crippen LogP contribution in [-0.4, -0.2) is 23.0 Å². The lowest BCUT2D eigenvalue weighted by Crippen LogP contribution is -2.31. The molecule has 2 aromatic rings. The first-order chi connectivity index (χ1) is 11.8. The van der Waals surface area contributed by atoms with Crippen molar-refractivity contribution in [1.29, 1.82) is 0 Å². The van der Waals surface area contributed by atoms with Crippen molar-refractivity contribution in [3.05, 3.63) is 58.5 Å². The van der Waals surface area contributed by atoms with Gasteiger partial charge < -0.3 is 4.74 Å². The molecule has 0 N–H and O–H groups in total. The lowest BCUT2D eigenvalue weighted by molar-refractivity contribution is 0.0842. The minimum atomic E-state index is -0.225. The van der Waals surface area contributed by atoms with Gasteiger partial charge in [0.25, 0.3) is 0 Å². The molecule has 1 aliphatic carbocycles. The fourth-order valence-electron chi connectivity index (χ4n) is 3.46. The van der Waals surface area contributed by atoms with Gasteiger partial charge in [-0.3, -0.25) is 0 Å². The standard InChI is InChI=1S/C20H21FN2O/c21-16-7-9-17(10-8-16)23-19-6-4-2-1-3-5-18(19)20(22-23)15-11-13-24-14-12-15/h1,3,5-10,15H,2,4,11-14H2/b3-1-,18-5+,19-6+. The molecule has 1 fully saturated rings. The molecular weight excluding hydrogens is 303 g/mol. The van der Waals surface area contributed by atoms with Gasteiger partial charge in [-0.2, -0.15) is 5.10 Å². The van der Waals surface area contributed by atoms with Crippen molar-refractivity contribution in [2.24, 2.45) is 0 Å². The number of hydrogen-bond donors (Lipinski definition) is 0. The predicted octanol–water partition coefficient (Wildman–Crippen LogP) is 2.82. The lowest BCUT2D eigenvalue weighted by atomic mass is 9.95. The van der Waals surface area contributed by atoms with Crippen LogP contribution in [-0.2, 0) is 4.74 Å². The molecule has 0 atom stereocenters. The quantitative estimate of drug-likeness (QED) is 0.849. The zero-order chi connectivity index (χ0) is 16.4. The maximum absolute atomic E-state index is 13.3. The van der Waals surface area contributed by atoms with Crippen molar-refractivity contribution in [3.8, 4) is 5.69 Å². The molecule has 1 aromatic carbocycles. The third kappa shape index (κ3) is 2.94. The molecule has 0 radical (unpaired) electrons. The van der Waals surface area contributed by atoms with Crippen LogP contribution in [0.4, 0.5) is 4.39 Å². The number of aromatic nitrogens is 2. The molecule has 0 bridgehead atoms. The van der Waals surface area contributed by atoms with Crippen molar-refractivity contribution in [2.45, 2.75) is 31.6 Å². The van der Waals surface area contributed by atoms with E-state index in [1.54, 1.807) is 12.1 Å². The minimum absolute atomic E-state index is 0.225. The smallest absolute Gasteiger partial charge is 0.123 e. The summed E-state index contributed by atoms with van der Waals surface area (Å²) >= 11 is 0. The Balaban J connectivity index is 1.91. The van der Waals surface area contributed by atoms with E-state index in [9.17, 15) is 4.39 Å². The Hall–Kier alpha value is -2.20. The highest BCUT2D eigenvalue weighted by Crippen LogP contribution is 2.23. The molecule has 3 nitrogen and oxygen atoms in total. The Labute approximate surface area is 140 Å². The Kier molecular flexibility index (Phi) is 4.30. The van der Waals surface area contributed by atoms with Crippen LogP contribution in [0.2, 0.25) is 0 Å². The number of halogens is 1. The predicted molar refractivity (Wildman–Crippen MR) is 92.9 cm³/mol. The summed E-state index contributed by atoms with van der Waals surface area (Å²) in [6, 6.07) is 6.56. The van der Waals surface area contributed by atoms with E-state index in [-0.39, 0.29) is 5.82 Å². The molecular formula is C20H21FN2O. The number of ether oxygens (including phenoxy) is 1. The first-order valence-electron chi connectivity index (χ1n) is 8.62. The first-order valence-corrected chi connectivity index (χ1v) is 8.62. The number of nitrogens with zero attached hydrogens (tertiary/aromatic N) is 2. The second kappa shape index (κ2) is 6.73. The summed E-state index contributed by atoms with van der Waals surface area (Å²) in [5, 5.41) is 7.26. The van der Waals surface area contributed by atoms with Crippen LogP contribution >= 0.6 is 0 Å². The third-order valence-electron chi connectivity index (χ3n) is 4.74. The highest BCUT2D eigenvalue weighted by atomic mass is 19.1. The van der Waals surface area contributed by atoms with E-state index >= 15 is 0 Å². The van der Waals surface area contributed by atoms with Crippen molar-refractivity contribution in [2.75, 3.05) is 13.2 Å². The molecule has 2 aliphatic rings. The van der Waals surface area contributed by atoms with Crippen LogP contribution in [0.1, 0.15) is 37.3 Å². The van der Waals surface area contributed by atoms with Gasteiger partial charge in [-0.1, -0.05) is 24.3 Å². The molecule has 1 aromatic heterocycles. The van der Waals surface area contributed by atoms with Crippen molar-refractivity contribution in [1.82, 2.24) is 9.78 Å². The highest BCUT2D eigenvalue weighted by molar-refractivity contribution is 5.45. The molecule has 1 aliphatic heterocycles. The average Bonchev–Trinajstić information content (AvgIpc) is 2.93. The Bertz CT molecular complexity index is 858. The van der Waals surface area contributed by atoms with Gasteiger partial charge in [-0.05, 0) is 49.9 Å². The molecule has 2 heterocycles. The van der Waals surface area contributed by atoms with Gasteiger partial charge in [-0.15, -0.1) is 0 Å². The Morgan fingerprint density at radius 1 is 1.08 bits per heavy atom. The molecule has 0 spiro atoms. The van der Waals surface area contributed by atoms with E-state index in [0.717, 1.165) is 55.6 Å². The van der Waals surface area contributed by atoms with Crippen LogP contribution in [0, 0.1) is 5.82 Å². The number of allylic oxidation sites excluding steroid dienone is 2. The molecule has 24 heavy (non-hydrogen) atoms. The van der Waals surface area contributed by atoms with Crippen molar-refractivity contribution in [3.63, 3.8) is 0 Å². The normalized spacial score (nSPS) is 22.4. The largest absolute Gasteiger partial charge is 0.381 e. The number of hydrogen-bond acceptors (Lipinski definition) is 2. The summed E-state index contributed by atoms with van der Waals surface area (Å²) in [5.41, 5.74) is 2.04. The molecule has 0 unspecified atom stereocenters. The molecule has 0 saturated carbocycles. The number of benzene rings is 1. The van der Waals surface area contributed by atoms with E-state index in [0.29, 0.717) is 5.92 Å². The molecule has 4 heteroatoms. The summed E-state index contributed by atoms with van der Waals surface area (Å²) in [4.78, 5) is 0. The molecule has 124 valence electrons. The zero-order valence-corrected chi connectivity index (χ0v) is 13.6. The fraction of sp³-hybridized carbons (Fsp3) is 0.350. The maximum atomic E-state index is 13.3. The van der Waals surface area contributed by atoms with Gasteiger partial charge in [0, 0.05) is 24.4 Å². The molecule has 4 rings (SSSR count). The van der Waals surface area contributed by atoms with Crippen molar-refractivity contribution < 1.29 is 9.13 Å². The number of rotatable bonds is 2. The van der Waals surface area contributed by atoms with Crippen LogP contribution in [0.15, 0.2) is 36.4 Å². The summed E-state index contributed by atoms with van der Waals surface area (Å²) in [5.74, 6) is 0.198. The highest BCUT2D eigenvalue weighted by Gasteiger charge is 2.21. The summed E-state index contributed by atoms with van der Waals surface area (Å²) in [7, 11) is 0. The minimum Gasteiger partial charge on any atom is -0.381 e. The second-order valence-corrected chi connectivity index (χ2v) is 6.34. The topological polar surface area (TPSA) is 27.1 Å². The van der Waals surface area contributed by atoms with Crippen molar-refractivity contribution >= 4 is 12.2 Å². The maximum Gasteiger partial charge on any atom is 0.123 e. The van der Waals surface area contributed by atoms with E-state index in [4.69, 9.17) is 9.84 Å². The lowest BCUT2D eigenvalue weighted by Gasteiger charge is -2.20. The second-order valence-electron chi connectivity index (χ2n) is 6.34. The molecule has 1 saturated heterocycles. The molecule has 0 amide bonds. The fourth-order valence-corrected chi connectivity index (χ4v) is 3.46. The van der Waals surface area contributed by atoms with E-state index < -0.39 is 0 Å². The first kappa shape index (κ1) is 15.3. The van der Waals surface area contributed by atoms with Crippen LogP contribution in [0.5, 0.6) is 0 Å². The van der Waals surface area contributed by atoms with Crippen LogP contribution in [0.25, 0.3) is 17.8 Å². The van der Waals surface area contributed by atoms with E-state index in [1.165, 1.54) is 17.4 Å². The van der Waals surface area contributed by atoms with Gasteiger partial charge in [0.2, 0.25) is 0 Å². The van der Waals surface area contributed by atoms with E-state index in [2.05, 4.69) is 24.3 Å². The number of fused-ring (bicyclic) bond motifs is 1. The van der Waals surface area contributed by atoms with Gasteiger partial charge in [0.15, 0.2) is 0 Å². The monoisotopic (exact) mass is 324 g/mol. The summed E-state index contributed by atoms with van der Waals surface area (Å²) in [6.07, 6.45) is 12.8. The van der Waals surface area contributed by atoms with Gasteiger partial charge in [0.05, 0.1) is 16.7 Å². The summed E-state index contributed by atoms with van der Waals surface area (Å²) < 4.78 is 20.8. The Morgan fingerprint density at radius 2 is 1.88 bits per heavy atom. The van der Waals surface area contributed by atoms with Gasteiger partial charge in [-0.25, -0.2) is 9.07 Å². The van der Waals surface area contributed by atoms with E-state index in [1.807, 2.05) is 4.68 Å². The SMILES string of the molecule is Fc1ccc(-n2nc(C3CCOCC3)c3/c2=C\CC/C=C\C=3)cc1. The summed E-state index contributed by atoms with van der Waals surface area (Å²) in [6.45, 7) is 1.59. The zero-order valence-electron chi connectivity index (χ0n) is 13.6. The Morgan fingerprint density at radius 3 is 2.67 bits per heavy atom. The van der Waals surface area contributed by atoms with Crippen LogP contribution in [0.3, 0.4) is 0 Å². The van der Waals surface area contributed by atoms with Gasteiger partial charge in [0.1, 0.15) is 5.82 Å². The van der Waals surface area contributed by atoms with Crippen LogP contribution < -0.4 is 10.6 Å².